The van der Waals surface area contributed by atoms with Gasteiger partial charge in [0, 0.05) is 19.1 Å². The predicted octanol–water partition coefficient (Wildman–Crippen LogP) is 1.08. The maximum absolute atomic E-state index is 11.6. The van der Waals surface area contributed by atoms with Crippen molar-refractivity contribution < 1.29 is 4.79 Å². The summed E-state index contributed by atoms with van der Waals surface area (Å²) in [6.45, 7) is 3.84. The van der Waals surface area contributed by atoms with Crippen molar-refractivity contribution in [3.05, 3.63) is 0 Å². The number of likely N-dealkylation sites (tertiary alicyclic amines) is 1. The lowest BCUT2D eigenvalue weighted by Crippen LogP contribution is -2.43. The molecule has 0 unspecified atom stereocenters. The molecule has 4 heteroatoms. The van der Waals surface area contributed by atoms with Gasteiger partial charge in [0.25, 0.3) is 0 Å². The van der Waals surface area contributed by atoms with Crippen molar-refractivity contribution in [2.75, 3.05) is 24.6 Å². The summed E-state index contributed by atoms with van der Waals surface area (Å²) in [7, 11) is 0. The lowest BCUT2D eigenvalue weighted by molar-refractivity contribution is -0.129. The quantitative estimate of drug-likeness (QED) is 0.715. The van der Waals surface area contributed by atoms with Gasteiger partial charge in [-0.3, -0.25) is 4.79 Å². The Bertz CT molecular complexity index is 179. The summed E-state index contributed by atoms with van der Waals surface area (Å²) < 4.78 is 0. The van der Waals surface area contributed by atoms with Gasteiger partial charge < -0.3 is 10.6 Å². The maximum Gasteiger partial charge on any atom is 0.232 e. The third-order valence-electron chi connectivity index (χ3n) is 2.47. The van der Waals surface area contributed by atoms with Crippen LogP contribution in [0.3, 0.4) is 0 Å². The second-order valence-electron chi connectivity index (χ2n) is 3.77. The number of carbonyl (C=O) groups excluding carboxylic acids is 1. The Kier molecular flexibility index (Phi) is 5.33. The van der Waals surface area contributed by atoms with Crippen LogP contribution in [-0.2, 0) is 4.79 Å². The molecule has 0 aromatic rings. The Balaban J connectivity index is 2.17. The van der Waals surface area contributed by atoms with Crippen LogP contribution in [0.2, 0.25) is 0 Å². The topological polar surface area (TPSA) is 46.3 Å². The van der Waals surface area contributed by atoms with Crippen LogP contribution < -0.4 is 5.73 Å². The first kappa shape index (κ1) is 11.9. The van der Waals surface area contributed by atoms with E-state index in [1.807, 2.05) is 4.90 Å². The zero-order chi connectivity index (χ0) is 10.4. The summed E-state index contributed by atoms with van der Waals surface area (Å²) >= 11 is 1.73. The standard InChI is InChI=1S/C10H20N2OS/c1-2-7-14-8-10(13)12-5-3-9(11)4-6-12/h9H,2-8,11H2,1H3. The number of hydrogen-bond donors (Lipinski definition) is 1. The molecule has 0 aromatic carbocycles. The van der Waals surface area contributed by atoms with E-state index in [1.54, 1.807) is 11.8 Å². The van der Waals surface area contributed by atoms with Crippen molar-refractivity contribution in [3.63, 3.8) is 0 Å². The van der Waals surface area contributed by atoms with E-state index in [9.17, 15) is 4.79 Å². The van der Waals surface area contributed by atoms with Gasteiger partial charge in [0.15, 0.2) is 0 Å². The molecule has 0 atom stereocenters. The van der Waals surface area contributed by atoms with Gasteiger partial charge in [0.2, 0.25) is 5.91 Å². The van der Waals surface area contributed by atoms with E-state index in [0.29, 0.717) is 11.8 Å². The molecule has 0 aromatic heterocycles. The van der Waals surface area contributed by atoms with Crippen molar-refractivity contribution in [2.24, 2.45) is 5.73 Å². The van der Waals surface area contributed by atoms with Crippen LogP contribution in [0, 0.1) is 0 Å². The fraction of sp³-hybridized carbons (Fsp3) is 0.900. The molecule has 1 amide bonds. The molecule has 1 aliphatic heterocycles. The van der Waals surface area contributed by atoms with Crippen molar-refractivity contribution in [3.8, 4) is 0 Å². The summed E-state index contributed by atoms with van der Waals surface area (Å²) in [6, 6.07) is 0.308. The molecule has 1 saturated heterocycles. The first-order chi connectivity index (χ1) is 6.74. The fourth-order valence-corrected chi connectivity index (χ4v) is 2.33. The monoisotopic (exact) mass is 216 g/mol. The molecule has 1 aliphatic rings. The van der Waals surface area contributed by atoms with E-state index in [-0.39, 0.29) is 5.91 Å². The van der Waals surface area contributed by atoms with Crippen molar-refractivity contribution >= 4 is 17.7 Å². The normalized spacial score (nSPS) is 18.6. The number of piperidine rings is 1. The molecule has 2 N–H and O–H groups in total. The number of hydrogen-bond acceptors (Lipinski definition) is 3. The van der Waals surface area contributed by atoms with Crippen LogP contribution in [0.1, 0.15) is 26.2 Å². The van der Waals surface area contributed by atoms with E-state index in [0.717, 1.165) is 38.1 Å². The molecule has 0 bridgehead atoms. The molecule has 0 spiro atoms. The number of carbonyl (C=O) groups is 1. The molecule has 0 saturated carbocycles. The largest absolute Gasteiger partial charge is 0.342 e. The van der Waals surface area contributed by atoms with E-state index >= 15 is 0 Å². The average molecular weight is 216 g/mol. The van der Waals surface area contributed by atoms with Gasteiger partial charge >= 0.3 is 0 Å². The first-order valence-electron chi connectivity index (χ1n) is 5.35. The number of amides is 1. The Morgan fingerprint density at radius 1 is 1.50 bits per heavy atom. The fourth-order valence-electron chi connectivity index (χ4n) is 1.54. The number of nitrogens with two attached hydrogens (primary N) is 1. The number of nitrogens with zero attached hydrogens (tertiary/aromatic N) is 1. The number of thioether (sulfide) groups is 1. The zero-order valence-corrected chi connectivity index (χ0v) is 9.68. The Morgan fingerprint density at radius 2 is 2.14 bits per heavy atom. The zero-order valence-electron chi connectivity index (χ0n) is 8.87. The highest BCUT2D eigenvalue weighted by molar-refractivity contribution is 7.99. The Labute approximate surface area is 90.4 Å². The van der Waals surface area contributed by atoms with Gasteiger partial charge in [-0.15, -0.1) is 0 Å². The van der Waals surface area contributed by atoms with Crippen LogP contribution in [0.15, 0.2) is 0 Å². The second kappa shape index (κ2) is 6.30. The minimum atomic E-state index is 0.287. The summed E-state index contributed by atoms with van der Waals surface area (Å²) in [5, 5.41) is 0. The van der Waals surface area contributed by atoms with E-state index in [1.165, 1.54) is 0 Å². The molecule has 1 rings (SSSR count). The molecule has 1 fully saturated rings. The Morgan fingerprint density at radius 3 is 2.71 bits per heavy atom. The van der Waals surface area contributed by atoms with Crippen molar-refractivity contribution in [1.29, 1.82) is 0 Å². The third kappa shape index (κ3) is 3.88. The molecular formula is C10H20N2OS. The molecule has 0 aliphatic carbocycles. The summed E-state index contributed by atoms with van der Waals surface area (Å²) in [5.74, 6) is 2.01. The minimum Gasteiger partial charge on any atom is -0.342 e. The third-order valence-corrected chi connectivity index (χ3v) is 3.61. The SMILES string of the molecule is CCCSCC(=O)N1CCC(N)CC1. The van der Waals surface area contributed by atoms with Gasteiger partial charge in [0.05, 0.1) is 5.75 Å². The van der Waals surface area contributed by atoms with E-state index in [2.05, 4.69) is 6.92 Å². The molecule has 3 nitrogen and oxygen atoms in total. The number of rotatable bonds is 4. The average Bonchev–Trinajstić information content (AvgIpc) is 2.19. The van der Waals surface area contributed by atoms with Crippen LogP contribution in [-0.4, -0.2) is 41.4 Å². The highest BCUT2D eigenvalue weighted by Gasteiger charge is 2.19. The summed E-state index contributed by atoms with van der Waals surface area (Å²) in [5.41, 5.74) is 5.78. The summed E-state index contributed by atoms with van der Waals surface area (Å²) in [6.07, 6.45) is 3.07. The molecule has 82 valence electrons. The van der Waals surface area contributed by atoms with Crippen molar-refractivity contribution in [2.45, 2.75) is 32.2 Å². The molecule has 0 radical (unpaired) electrons. The van der Waals surface area contributed by atoms with Gasteiger partial charge in [0.1, 0.15) is 0 Å². The molecular weight excluding hydrogens is 196 g/mol. The lowest BCUT2D eigenvalue weighted by atomic mass is 10.1. The van der Waals surface area contributed by atoms with Crippen LogP contribution >= 0.6 is 11.8 Å². The minimum absolute atomic E-state index is 0.287. The van der Waals surface area contributed by atoms with Crippen LogP contribution in [0.4, 0.5) is 0 Å². The van der Waals surface area contributed by atoms with Gasteiger partial charge in [-0.05, 0) is 25.0 Å². The molecule has 14 heavy (non-hydrogen) atoms. The van der Waals surface area contributed by atoms with Gasteiger partial charge in [-0.2, -0.15) is 11.8 Å². The Hall–Kier alpha value is -0.220. The van der Waals surface area contributed by atoms with Gasteiger partial charge in [-0.25, -0.2) is 0 Å². The predicted molar refractivity (Wildman–Crippen MR) is 61.4 cm³/mol. The highest BCUT2D eigenvalue weighted by Crippen LogP contribution is 2.11. The van der Waals surface area contributed by atoms with Crippen molar-refractivity contribution in [1.82, 2.24) is 4.90 Å². The van der Waals surface area contributed by atoms with Crippen LogP contribution in [0.25, 0.3) is 0 Å². The smallest absolute Gasteiger partial charge is 0.232 e. The van der Waals surface area contributed by atoms with Gasteiger partial charge in [-0.1, -0.05) is 6.92 Å². The van der Waals surface area contributed by atoms with E-state index in [4.69, 9.17) is 5.73 Å². The highest BCUT2D eigenvalue weighted by atomic mass is 32.2. The van der Waals surface area contributed by atoms with E-state index < -0.39 is 0 Å². The first-order valence-corrected chi connectivity index (χ1v) is 6.50. The lowest BCUT2D eigenvalue weighted by Gasteiger charge is -2.30. The van der Waals surface area contributed by atoms with Crippen LogP contribution in [0.5, 0.6) is 0 Å². The molecule has 1 heterocycles. The summed E-state index contributed by atoms with van der Waals surface area (Å²) in [4.78, 5) is 13.6. The maximum atomic E-state index is 11.6. The second-order valence-corrected chi connectivity index (χ2v) is 4.88.